The van der Waals surface area contributed by atoms with E-state index in [1.54, 1.807) is 0 Å². The van der Waals surface area contributed by atoms with Crippen LogP contribution in [0, 0.1) is 12.3 Å². The summed E-state index contributed by atoms with van der Waals surface area (Å²) in [6.07, 6.45) is 8.12. The smallest absolute Gasteiger partial charge is 0.0875 e. The van der Waals surface area contributed by atoms with Gasteiger partial charge in [0.2, 0.25) is 0 Å². The zero-order valence-electron chi connectivity index (χ0n) is 13.3. The minimum atomic E-state index is -0.224. The van der Waals surface area contributed by atoms with Gasteiger partial charge in [-0.3, -0.25) is 4.98 Å². The molecule has 1 aliphatic carbocycles. The second-order valence-corrected chi connectivity index (χ2v) is 6.87. The third-order valence-corrected chi connectivity index (χ3v) is 4.86. The molecule has 112 valence electrons. The summed E-state index contributed by atoms with van der Waals surface area (Å²) < 4.78 is 6.18. The summed E-state index contributed by atoms with van der Waals surface area (Å²) in [7, 11) is 0. The van der Waals surface area contributed by atoms with Crippen molar-refractivity contribution in [2.24, 2.45) is 11.1 Å². The first-order valence-corrected chi connectivity index (χ1v) is 7.70. The van der Waals surface area contributed by atoms with Gasteiger partial charge in [-0.15, -0.1) is 0 Å². The molecule has 3 nitrogen and oxygen atoms in total. The van der Waals surface area contributed by atoms with Crippen LogP contribution < -0.4 is 5.73 Å². The van der Waals surface area contributed by atoms with E-state index in [1.165, 1.54) is 18.4 Å². The second kappa shape index (κ2) is 5.82. The quantitative estimate of drug-likeness (QED) is 0.910. The molecule has 0 aromatic carbocycles. The number of pyridine rings is 1. The maximum Gasteiger partial charge on any atom is 0.0875 e. The molecule has 20 heavy (non-hydrogen) atoms. The molecule has 0 bridgehead atoms. The van der Waals surface area contributed by atoms with E-state index < -0.39 is 0 Å². The van der Waals surface area contributed by atoms with Crippen LogP contribution in [-0.4, -0.2) is 17.2 Å². The van der Waals surface area contributed by atoms with Crippen molar-refractivity contribution in [3.05, 3.63) is 29.6 Å². The van der Waals surface area contributed by atoms with E-state index in [2.05, 4.69) is 32.7 Å². The predicted octanol–water partition coefficient (Wildman–Crippen LogP) is 3.77. The van der Waals surface area contributed by atoms with E-state index in [9.17, 15) is 0 Å². The second-order valence-electron chi connectivity index (χ2n) is 6.87. The van der Waals surface area contributed by atoms with E-state index in [1.807, 2.05) is 18.5 Å². The van der Waals surface area contributed by atoms with E-state index in [-0.39, 0.29) is 11.6 Å². The van der Waals surface area contributed by atoms with Crippen molar-refractivity contribution in [3.63, 3.8) is 0 Å². The summed E-state index contributed by atoms with van der Waals surface area (Å²) in [4.78, 5) is 4.25. The van der Waals surface area contributed by atoms with Crippen molar-refractivity contribution in [3.8, 4) is 0 Å². The van der Waals surface area contributed by atoms with E-state index in [0.29, 0.717) is 12.0 Å². The molecule has 2 rings (SSSR count). The highest BCUT2D eigenvalue weighted by Crippen LogP contribution is 2.47. The molecular weight excluding hydrogens is 248 g/mol. The van der Waals surface area contributed by atoms with Crippen molar-refractivity contribution in [2.75, 3.05) is 6.61 Å². The number of nitrogens with two attached hydrogens (primary N) is 1. The monoisotopic (exact) mass is 276 g/mol. The fraction of sp³-hybridized carbons (Fsp3) is 0.706. The molecule has 3 heteroatoms. The van der Waals surface area contributed by atoms with Gasteiger partial charge in [-0.25, -0.2) is 0 Å². The molecule has 1 fully saturated rings. The molecule has 1 saturated carbocycles. The van der Waals surface area contributed by atoms with Crippen molar-refractivity contribution in [1.82, 2.24) is 4.98 Å². The SMILES string of the molecule is CCOC1(C(N)c2cnccc2C)CCC(C)(C)CC1. The van der Waals surface area contributed by atoms with Gasteiger partial charge in [-0.2, -0.15) is 0 Å². The molecule has 1 aromatic rings. The molecule has 0 spiro atoms. The average Bonchev–Trinajstić information content (AvgIpc) is 2.42. The van der Waals surface area contributed by atoms with E-state index in [0.717, 1.165) is 18.4 Å². The van der Waals surface area contributed by atoms with Gasteiger partial charge in [0.15, 0.2) is 0 Å². The Labute approximate surface area is 122 Å². The number of aromatic nitrogens is 1. The summed E-state index contributed by atoms with van der Waals surface area (Å²) in [5.74, 6) is 0. The Bertz CT molecular complexity index is 446. The first kappa shape index (κ1) is 15.5. The minimum Gasteiger partial charge on any atom is -0.373 e. The first-order valence-electron chi connectivity index (χ1n) is 7.70. The van der Waals surface area contributed by atoms with Gasteiger partial charge in [-0.1, -0.05) is 13.8 Å². The normalized spacial score (nSPS) is 22.4. The van der Waals surface area contributed by atoms with Crippen molar-refractivity contribution >= 4 is 0 Å². The van der Waals surface area contributed by atoms with Gasteiger partial charge in [0.05, 0.1) is 11.6 Å². The highest BCUT2D eigenvalue weighted by molar-refractivity contribution is 5.28. The number of rotatable bonds is 4. The molecule has 0 aliphatic heterocycles. The van der Waals surface area contributed by atoms with Crippen LogP contribution >= 0.6 is 0 Å². The number of ether oxygens (including phenoxy) is 1. The minimum absolute atomic E-state index is 0.0905. The van der Waals surface area contributed by atoms with Crippen LogP contribution in [0.3, 0.4) is 0 Å². The van der Waals surface area contributed by atoms with E-state index >= 15 is 0 Å². The fourth-order valence-electron chi connectivity index (χ4n) is 3.27. The fourth-order valence-corrected chi connectivity index (χ4v) is 3.27. The third kappa shape index (κ3) is 3.04. The van der Waals surface area contributed by atoms with Gasteiger partial charge in [0.25, 0.3) is 0 Å². The molecule has 1 unspecified atom stereocenters. The van der Waals surface area contributed by atoms with Crippen LogP contribution in [0.5, 0.6) is 0 Å². The van der Waals surface area contributed by atoms with Crippen LogP contribution in [0.25, 0.3) is 0 Å². The van der Waals surface area contributed by atoms with Crippen molar-refractivity contribution in [1.29, 1.82) is 0 Å². The Morgan fingerprint density at radius 2 is 1.95 bits per heavy atom. The molecule has 0 radical (unpaired) electrons. The van der Waals surface area contributed by atoms with Gasteiger partial charge in [0, 0.05) is 19.0 Å². The van der Waals surface area contributed by atoms with Gasteiger partial charge in [-0.05, 0) is 62.1 Å². The third-order valence-electron chi connectivity index (χ3n) is 4.86. The highest BCUT2D eigenvalue weighted by atomic mass is 16.5. The number of nitrogens with zero attached hydrogens (tertiary/aromatic N) is 1. The zero-order chi connectivity index (χ0) is 14.8. The molecule has 1 atom stereocenters. The Morgan fingerprint density at radius 1 is 1.30 bits per heavy atom. The Hall–Kier alpha value is -0.930. The molecular formula is C17H28N2O. The van der Waals surface area contributed by atoms with Crippen LogP contribution in [0.1, 0.15) is 63.6 Å². The van der Waals surface area contributed by atoms with Crippen molar-refractivity contribution < 1.29 is 4.74 Å². The Balaban J connectivity index is 2.27. The topological polar surface area (TPSA) is 48.1 Å². The lowest BCUT2D eigenvalue weighted by Crippen LogP contribution is -2.48. The van der Waals surface area contributed by atoms with E-state index in [4.69, 9.17) is 10.5 Å². The largest absolute Gasteiger partial charge is 0.373 e. The molecule has 0 amide bonds. The van der Waals surface area contributed by atoms with Crippen LogP contribution in [0.2, 0.25) is 0 Å². The number of aryl methyl sites for hydroxylation is 1. The van der Waals surface area contributed by atoms with Gasteiger partial charge >= 0.3 is 0 Å². The molecule has 1 aromatic heterocycles. The lowest BCUT2D eigenvalue weighted by molar-refractivity contribution is -0.100. The average molecular weight is 276 g/mol. The maximum absolute atomic E-state index is 6.62. The van der Waals surface area contributed by atoms with Crippen LogP contribution in [-0.2, 0) is 4.74 Å². The van der Waals surface area contributed by atoms with Crippen molar-refractivity contribution in [2.45, 2.75) is 65.0 Å². The highest BCUT2D eigenvalue weighted by Gasteiger charge is 2.44. The lowest BCUT2D eigenvalue weighted by Gasteiger charge is -2.46. The summed E-state index contributed by atoms with van der Waals surface area (Å²) in [6.45, 7) is 9.55. The summed E-state index contributed by atoms with van der Waals surface area (Å²) in [6, 6.07) is 1.94. The molecule has 1 aliphatic rings. The number of hydrogen-bond donors (Lipinski definition) is 1. The molecule has 0 saturated heterocycles. The zero-order valence-corrected chi connectivity index (χ0v) is 13.3. The first-order chi connectivity index (χ1) is 9.40. The Morgan fingerprint density at radius 3 is 2.50 bits per heavy atom. The standard InChI is InChI=1S/C17H28N2O/c1-5-20-17(9-7-16(3,4)8-10-17)15(18)14-12-19-11-6-13(14)2/h6,11-12,15H,5,7-10,18H2,1-4H3. The predicted molar refractivity (Wildman–Crippen MR) is 82.5 cm³/mol. The van der Waals surface area contributed by atoms with Gasteiger partial charge < -0.3 is 10.5 Å². The summed E-state index contributed by atoms with van der Waals surface area (Å²) in [5.41, 5.74) is 9.13. The van der Waals surface area contributed by atoms with Gasteiger partial charge in [0.1, 0.15) is 0 Å². The molecule has 2 N–H and O–H groups in total. The number of hydrogen-bond acceptors (Lipinski definition) is 3. The molecule has 1 heterocycles. The van der Waals surface area contributed by atoms with Crippen LogP contribution in [0.4, 0.5) is 0 Å². The Kier molecular flexibility index (Phi) is 4.50. The van der Waals surface area contributed by atoms with Crippen LogP contribution in [0.15, 0.2) is 18.5 Å². The summed E-state index contributed by atoms with van der Waals surface area (Å²) >= 11 is 0. The lowest BCUT2D eigenvalue weighted by atomic mass is 9.67. The summed E-state index contributed by atoms with van der Waals surface area (Å²) in [5, 5.41) is 0. The maximum atomic E-state index is 6.62.